The zero-order valence-electron chi connectivity index (χ0n) is 11.0. The third-order valence-electron chi connectivity index (χ3n) is 3.18. The normalized spacial score (nSPS) is 16.2. The van der Waals surface area contributed by atoms with E-state index < -0.39 is 0 Å². The Balaban J connectivity index is 2.42. The summed E-state index contributed by atoms with van der Waals surface area (Å²) >= 11 is 0. The number of benzene rings is 1. The number of nitrogens with zero attached hydrogens (tertiary/aromatic N) is 1. The van der Waals surface area contributed by atoms with E-state index in [2.05, 4.69) is 11.1 Å². The molecule has 1 aromatic rings. The fraction of sp³-hybridized carbons (Fsp3) is 0.375. The monoisotopic (exact) mass is 241 g/mol. The summed E-state index contributed by atoms with van der Waals surface area (Å²) in [5, 5.41) is 0. The predicted octanol–water partition coefficient (Wildman–Crippen LogP) is 3.76. The van der Waals surface area contributed by atoms with Crippen molar-refractivity contribution < 1.29 is 4.79 Å². The SMILES string of the molecule is C/C=C\C(=NCC)c1ccc(C2CC2)cc1C=O. The lowest BCUT2D eigenvalue weighted by Crippen LogP contribution is -2.03. The number of hydrogen-bond acceptors (Lipinski definition) is 2. The Morgan fingerprint density at radius 3 is 2.78 bits per heavy atom. The van der Waals surface area contributed by atoms with Crippen molar-refractivity contribution in [2.24, 2.45) is 4.99 Å². The standard InChI is InChI=1S/C16H19NO/c1-3-5-16(17-4-2)15-9-8-13(12-6-7-12)10-14(15)11-18/h3,5,8-12H,4,6-7H2,1-2H3/b5-3-,17-16?. The lowest BCUT2D eigenvalue weighted by Gasteiger charge is -2.07. The number of allylic oxidation sites excluding steroid dienone is 2. The summed E-state index contributed by atoms with van der Waals surface area (Å²) in [5.41, 5.74) is 3.88. The van der Waals surface area contributed by atoms with E-state index in [0.717, 1.165) is 29.7 Å². The van der Waals surface area contributed by atoms with Crippen LogP contribution in [-0.2, 0) is 0 Å². The smallest absolute Gasteiger partial charge is 0.150 e. The van der Waals surface area contributed by atoms with E-state index in [4.69, 9.17) is 0 Å². The average molecular weight is 241 g/mol. The van der Waals surface area contributed by atoms with Gasteiger partial charge in [0.1, 0.15) is 0 Å². The first-order valence-electron chi connectivity index (χ1n) is 6.56. The first kappa shape index (κ1) is 12.7. The lowest BCUT2D eigenvalue weighted by molar-refractivity contribution is 0.112. The van der Waals surface area contributed by atoms with Crippen LogP contribution in [0.15, 0.2) is 35.3 Å². The Labute approximate surface area is 108 Å². The van der Waals surface area contributed by atoms with Gasteiger partial charge in [-0.2, -0.15) is 0 Å². The minimum absolute atomic E-state index is 0.672. The Morgan fingerprint density at radius 2 is 2.22 bits per heavy atom. The zero-order valence-corrected chi connectivity index (χ0v) is 11.0. The van der Waals surface area contributed by atoms with Crippen LogP contribution in [0.1, 0.15) is 54.1 Å². The molecule has 1 saturated carbocycles. The van der Waals surface area contributed by atoms with Gasteiger partial charge in [0, 0.05) is 17.7 Å². The van der Waals surface area contributed by atoms with Gasteiger partial charge in [-0.25, -0.2) is 0 Å². The number of carbonyl (C=O) groups excluding carboxylic acids is 1. The molecule has 0 heterocycles. The van der Waals surface area contributed by atoms with Crippen molar-refractivity contribution in [1.82, 2.24) is 0 Å². The molecule has 0 saturated heterocycles. The molecule has 0 aliphatic heterocycles. The van der Waals surface area contributed by atoms with Crippen LogP contribution >= 0.6 is 0 Å². The Morgan fingerprint density at radius 1 is 1.44 bits per heavy atom. The minimum atomic E-state index is 0.672. The summed E-state index contributed by atoms with van der Waals surface area (Å²) in [6.45, 7) is 4.69. The number of aldehydes is 1. The van der Waals surface area contributed by atoms with Crippen LogP contribution in [0.4, 0.5) is 0 Å². The van der Waals surface area contributed by atoms with Crippen LogP contribution in [0.25, 0.3) is 0 Å². The van der Waals surface area contributed by atoms with Gasteiger partial charge < -0.3 is 0 Å². The molecule has 1 aliphatic carbocycles. The van der Waals surface area contributed by atoms with Crippen molar-refractivity contribution in [3.05, 3.63) is 47.0 Å². The van der Waals surface area contributed by atoms with E-state index in [0.29, 0.717) is 5.92 Å². The molecule has 0 N–H and O–H groups in total. The van der Waals surface area contributed by atoms with E-state index in [1.807, 2.05) is 38.1 Å². The molecule has 0 radical (unpaired) electrons. The van der Waals surface area contributed by atoms with Gasteiger partial charge in [-0.1, -0.05) is 18.2 Å². The molecule has 0 atom stereocenters. The molecule has 1 aliphatic rings. The first-order chi connectivity index (χ1) is 8.80. The molecule has 2 rings (SSSR count). The second kappa shape index (κ2) is 5.76. The van der Waals surface area contributed by atoms with Crippen LogP contribution in [0.5, 0.6) is 0 Å². The van der Waals surface area contributed by atoms with Crippen LogP contribution in [-0.4, -0.2) is 18.5 Å². The quantitative estimate of drug-likeness (QED) is 0.570. The predicted molar refractivity (Wildman–Crippen MR) is 75.7 cm³/mol. The third-order valence-corrected chi connectivity index (χ3v) is 3.18. The summed E-state index contributed by atoms with van der Waals surface area (Å²) in [7, 11) is 0. The van der Waals surface area contributed by atoms with Crippen LogP contribution < -0.4 is 0 Å². The summed E-state index contributed by atoms with van der Waals surface area (Å²) in [4.78, 5) is 15.7. The number of aliphatic imine (C=N–C) groups is 1. The van der Waals surface area contributed by atoms with Crippen LogP contribution in [0, 0.1) is 0 Å². The highest BCUT2D eigenvalue weighted by molar-refractivity contribution is 6.12. The van der Waals surface area contributed by atoms with Crippen molar-refractivity contribution in [2.45, 2.75) is 32.6 Å². The summed E-state index contributed by atoms with van der Waals surface area (Å²) in [5.74, 6) is 0.672. The second-order valence-electron chi connectivity index (χ2n) is 4.60. The maximum atomic E-state index is 11.3. The van der Waals surface area contributed by atoms with Gasteiger partial charge in [0.15, 0.2) is 6.29 Å². The van der Waals surface area contributed by atoms with Gasteiger partial charge in [0.2, 0.25) is 0 Å². The van der Waals surface area contributed by atoms with E-state index in [1.165, 1.54) is 18.4 Å². The first-order valence-corrected chi connectivity index (χ1v) is 6.56. The van der Waals surface area contributed by atoms with E-state index >= 15 is 0 Å². The number of carbonyl (C=O) groups is 1. The molecule has 2 heteroatoms. The molecule has 0 spiro atoms. The van der Waals surface area contributed by atoms with Gasteiger partial charge in [-0.3, -0.25) is 9.79 Å². The maximum Gasteiger partial charge on any atom is 0.150 e. The van der Waals surface area contributed by atoms with Crippen molar-refractivity contribution in [2.75, 3.05) is 6.54 Å². The molecule has 0 bridgehead atoms. The van der Waals surface area contributed by atoms with Crippen molar-refractivity contribution in [1.29, 1.82) is 0 Å². The fourth-order valence-electron chi connectivity index (χ4n) is 2.14. The largest absolute Gasteiger partial charge is 0.298 e. The summed E-state index contributed by atoms with van der Waals surface area (Å²) in [6.07, 6.45) is 7.36. The molecule has 0 amide bonds. The van der Waals surface area contributed by atoms with E-state index in [9.17, 15) is 4.79 Å². The molecule has 94 valence electrons. The molecule has 18 heavy (non-hydrogen) atoms. The summed E-state index contributed by atoms with van der Waals surface area (Å²) < 4.78 is 0. The topological polar surface area (TPSA) is 29.4 Å². The highest BCUT2D eigenvalue weighted by atomic mass is 16.1. The second-order valence-corrected chi connectivity index (χ2v) is 4.60. The Hall–Kier alpha value is -1.70. The van der Waals surface area contributed by atoms with E-state index in [-0.39, 0.29) is 0 Å². The minimum Gasteiger partial charge on any atom is -0.298 e. The molecule has 2 nitrogen and oxygen atoms in total. The Bertz CT molecular complexity index is 496. The lowest BCUT2D eigenvalue weighted by atomic mass is 9.98. The van der Waals surface area contributed by atoms with Crippen LogP contribution in [0.2, 0.25) is 0 Å². The molecular formula is C16H19NO. The molecule has 0 unspecified atom stereocenters. The molecule has 1 aromatic carbocycles. The van der Waals surface area contributed by atoms with Crippen molar-refractivity contribution in [3.63, 3.8) is 0 Å². The van der Waals surface area contributed by atoms with E-state index in [1.54, 1.807) is 0 Å². The Kier molecular flexibility index (Phi) is 4.08. The summed E-state index contributed by atoms with van der Waals surface area (Å²) in [6, 6.07) is 6.19. The van der Waals surface area contributed by atoms with Crippen molar-refractivity contribution in [3.8, 4) is 0 Å². The zero-order chi connectivity index (χ0) is 13.0. The highest BCUT2D eigenvalue weighted by Gasteiger charge is 2.24. The average Bonchev–Trinajstić information content (AvgIpc) is 3.22. The van der Waals surface area contributed by atoms with Gasteiger partial charge in [-0.15, -0.1) is 0 Å². The fourth-order valence-corrected chi connectivity index (χ4v) is 2.14. The molecule has 1 fully saturated rings. The molecular weight excluding hydrogens is 222 g/mol. The number of rotatable bonds is 5. The van der Waals surface area contributed by atoms with Gasteiger partial charge in [-0.05, 0) is 50.3 Å². The highest BCUT2D eigenvalue weighted by Crippen LogP contribution is 2.40. The van der Waals surface area contributed by atoms with Gasteiger partial charge in [0.25, 0.3) is 0 Å². The van der Waals surface area contributed by atoms with Gasteiger partial charge >= 0.3 is 0 Å². The van der Waals surface area contributed by atoms with Gasteiger partial charge in [0.05, 0.1) is 5.71 Å². The third kappa shape index (κ3) is 2.76. The molecule has 0 aromatic heterocycles. The maximum absolute atomic E-state index is 11.3. The van der Waals surface area contributed by atoms with Crippen molar-refractivity contribution >= 4 is 12.0 Å². The van der Waals surface area contributed by atoms with Crippen LogP contribution in [0.3, 0.4) is 0 Å². The number of hydrogen-bond donors (Lipinski definition) is 0.